The van der Waals surface area contributed by atoms with E-state index in [1.54, 1.807) is 0 Å². The Kier molecular flexibility index (Phi) is 8.67. The minimum atomic E-state index is 0. The van der Waals surface area contributed by atoms with Gasteiger partial charge in [0.25, 0.3) is 0 Å². The summed E-state index contributed by atoms with van der Waals surface area (Å²) in [5, 5.41) is 10.8. The first kappa shape index (κ1) is 18.2. The number of aromatic nitrogens is 2. The van der Waals surface area contributed by atoms with Crippen LogP contribution in [0.5, 0.6) is 0 Å². The lowest BCUT2D eigenvalue weighted by Crippen LogP contribution is -2.38. The maximum Gasteiger partial charge on any atom is 0.191 e. The molecule has 2 rings (SSSR count). The second-order valence-corrected chi connectivity index (χ2v) is 5.05. The minimum Gasteiger partial charge on any atom is -0.376 e. The Balaban J connectivity index is 0.00000220. The van der Waals surface area contributed by atoms with Crippen LogP contribution < -0.4 is 10.6 Å². The van der Waals surface area contributed by atoms with E-state index in [0.29, 0.717) is 6.10 Å². The van der Waals surface area contributed by atoms with Crippen molar-refractivity contribution in [2.24, 2.45) is 12.0 Å². The number of guanidine groups is 1. The van der Waals surface area contributed by atoms with E-state index in [0.717, 1.165) is 51.5 Å². The molecule has 0 aromatic carbocycles. The number of nitrogens with zero attached hydrogens (tertiary/aromatic N) is 3. The van der Waals surface area contributed by atoms with Gasteiger partial charge in [-0.05, 0) is 31.7 Å². The minimum absolute atomic E-state index is 0. The number of halogens is 1. The van der Waals surface area contributed by atoms with Crippen molar-refractivity contribution in [2.45, 2.75) is 32.3 Å². The predicted octanol–water partition coefficient (Wildman–Crippen LogP) is 1.31. The molecule has 1 atom stereocenters. The van der Waals surface area contributed by atoms with Crippen LogP contribution in [0, 0.1) is 0 Å². The number of ether oxygens (including phenoxy) is 1. The topological polar surface area (TPSA) is 63.5 Å². The van der Waals surface area contributed by atoms with Crippen LogP contribution in [0.15, 0.2) is 17.4 Å². The van der Waals surface area contributed by atoms with Crippen molar-refractivity contribution < 1.29 is 4.74 Å². The largest absolute Gasteiger partial charge is 0.376 e. The quantitative estimate of drug-likeness (QED) is 0.424. The van der Waals surface area contributed by atoms with Crippen LogP contribution in [0.3, 0.4) is 0 Å². The molecule has 0 saturated carbocycles. The summed E-state index contributed by atoms with van der Waals surface area (Å²) in [6.45, 7) is 5.41. The number of rotatable bonds is 6. The summed E-state index contributed by atoms with van der Waals surface area (Å²) in [5.41, 5.74) is 1.23. The van der Waals surface area contributed by atoms with Crippen LogP contribution >= 0.6 is 24.0 Å². The van der Waals surface area contributed by atoms with Crippen molar-refractivity contribution in [3.63, 3.8) is 0 Å². The monoisotopic (exact) mass is 407 g/mol. The van der Waals surface area contributed by atoms with Crippen LogP contribution in [-0.2, 0) is 18.2 Å². The summed E-state index contributed by atoms with van der Waals surface area (Å²) >= 11 is 0. The lowest BCUT2D eigenvalue weighted by Gasteiger charge is -2.12. The highest BCUT2D eigenvalue weighted by atomic mass is 127. The first-order valence-corrected chi connectivity index (χ1v) is 7.39. The van der Waals surface area contributed by atoms with Crippen molar-refractivity contribution in [3.8, 4) is 0 Å². The zero-order valence-electron chi connectivity index (χ0n) is 12.8. The maximum absolute atomic E-state index is 5.58. The van der Waals surface area contributed by atoms with Crippen molar-refractivity contribution in [1.29, 1.82) is 0 Å². The predicted molar refractivity (Wildman–Crippen MR) is 95.3 cm³/mol. The average molecular weight is 407 g/mol. The number of nitrogens with one attached hydrogen (secondary N) is 2. The molecule has 1 saturated heterocycles. The zero-order chi connectivity index (χ0) is 14.2. The number of hydrogen-bond donors (Lipinski definition) is 2. The maximum atomic E-state index is 5.58. The van der Waals surface area contributed by atoms with Gasteiger partial charge in [0.05, 0.1) is 18.8 Å². The van der Waals surface area contributed by atoms with Gasteiger partial charge in [0.15, 0.2) is 5.96 Å². The van der Waals surface area contributed by atoms with E-state index >= 15 is 0 Å². The highest BCUT2D eigenvalue weighted by Gasteiger charge is 2.14. The van der Waals surface area contributed by atoms with Crippen LogP contribution in [0.4, 0.5) is 0 Å². The molecule has 1 fully saturated rings. The Hall–Kier alpha value is -0.830. The molecule has 2 heterocycles. The van der Waals surface area contributed by atoms with Crippen LogP contribution in [-0.4, -0.2) is 48.1 Å². The summed E-state index contributed by atoms with van der Waals surface area (Å²) in [5.74, 6) is 0.867. The lowest BCUT2D eigenvalue weighted by atomic mass is 10.2. The van der Waals surface area contributed by atoms with Crippen molar-refractivity contribution >= 4 is 29.9 Å². The lowest BCUT2D eigenvalue weighted by molar-refractivity contribution is 0.117. The molecule has 0 aliphatic carbocycles. The fraction of sp³-hybridized carbons (Fsp3) is 0.714. The van der Waals surface area contributed by atoms with Crippen LogP contribution in [0.1, 0.15) is 25.3 Å². The molecular weight excluding hydrogens is 381 g/mol. The van der Waals surface area contributed by atoms with E-state index in [2.05, 4.69) is 27.6 Å². The fourth-order valence-corrected chi connectivity index (χ4v) is 2.25. The van der Waals surface area contributed by atoms with Gasteiger partial charge in [-0.1, -0.05) is 0 Å². The van der Waals surface area contributed by atoms with E-state index in [9.17, 15) is 0 Å². The number of aryl methyl sites for hydroxylation is 1. The standard InChI is InChI=1S/C14H25N5O.HI/c1-3-15-14(17-10-13-5-4-8-20-13)16-7-6-12-9-18-19(2)11-12;/h9,11,13H,3-8,10H2,1-2H3,(H2,15,16,17);1H. The van der Waals surface area contributed by atoms with Gasteiger partial charge in [-0.25, -0.2) is 0 Å². The summed E-state index contributed by atoms with van der Waals surface area (Å²) in [6, 6.07) is 0. The third-order valence-electron chi connectivity index (χ3n) is 3.29. The van der Waals surface area contributed by atoms with Crippen molar-refractivity contribution in [1.82, 2.24) is 20.4 Å². The molecular formula is C14H26IN5O. The van der Waals surface area contributed by atoms with Gasteiger partial charge < -0.3 is 15.4 Å². The van der Waals surface area contributed by atoms with Gasteiger partial charge in [0.1, 0.15) is 0 Å². The molecule has 120 valence electrons. The van der Waals surface area contributed by atoms with E-state index in [4.69, 9.17) is 4.74 Å². The average Bonchev–Trinajstić information content (AvgIpc) is 3.08. The second-order valence-electron chi connectivity index (χ2n) is 5.05. The second kappa shape index (κ2) is 9.99. The molecule has 1 aliphatic rings. The molecule has 1 unspecified atom stereocenters. The van der Waals surface area contributed by atoms with Crippen LogP contribution in [0.2, 0.25) is 0 Å². The summed E-state index contributed by atoms with van der Waals surface area (Å²) in [4.78, 5) is 4.58. The van der Waals surface area contributed by atoms with Crippen LogP contribution in [0.25, 0.3) is 0 Å². The molecule has 1 aromatic heterocycles. The Labute approximate surface area is 143 Å². The fourth-order valence-electron chi connectivity index (χ4n) is 2.25. The third-order valence-corrected chi connectivity index (χ3v) is 3.29. The SMILES string of the molecule is CCNC(=NCC1CCCO1)NCCc1cnn(C)c1.I. The van der Waals surface area contributed by atoms with E-state index in [1.807, 2.05) is 24.1 Å². The molecule has 1 aromatic rings. The van der Waals surface area contributed by atoms with Gasteiger partial charge in [-0.3, -0.25) is 9.67 Å². The molecule has 0 radical (unpaired) electrons. The Bertz CT molecular complexity index is 429. The first-order chi connectivity index (χ1) is 9.78. The molecule has 2 N–H and O–H groups in total. The normalized spacial score (nSPS) is 18.4. The number of aliphatic imine (C=N–C) groups is 1. The van der Waals surface area contributed by atoms with Gasteiger partial charge in [-0.15, -0.1) is 24.0 Å². The van der Waals surface area contributed by atoms with Gasteiger partial charge >= 0.3 is 0 Å². The van der Waals surface area contributed by atoms with E-state index < -0.39 is 0 Å². The smallest absolute Gasteiger partial charge is 0.191 e. The zero-order valence-corrected chi connectivity index (χ0v) is 15.2. The van der Waals surface area contributed by atoms with Crippen molar-refractivity contribution in [3.05, 3.63) is 18.0 Å². The molecule has 0 amide bonds. The number of hydrogen-bond acceptors (Lipinski definition) is 3. The summed E-state index contributed by atoms with van der Waals surface area (Å²) < 4.78 is 7.41. The molecule has 21 heavy (non-hydrogen) atoms. The highest BCUT2D eigenvalue weighted by Crippen LogP contribution is 2.11. The Morgan fingerprint density at radius 1 is 1.52 bits per heavy atom. The molecule has 7 heteroatoms. The summed E-state index contributed by atoms with van der Waals surface area (Å²) in [6.07, 6.45) is 7.46. The van der Waals surface area contributed by atoms with Gasteiger partial charge in [0, 0.05) is 32.9 Å². The Morgan fingerprint density at radius 2 is 2.38 bits per heavy atom. The summed E-state index contributed by atoms with van der Waals surface area (Å²) in [7, 11) is 1.93. The first-order valence-electron chi connectivity index (χ1n) is 7.39. The third kappa shape index (κ3) is 6.64. The van der Waals surface area contributed by atoms with Crippen molar-refractivity contribution in [2.75, 3.05) is 26.2 Å². The Morgan fingerprint density at radius 3 is 3.00 bits per heavy atom. The van der Waals surface area contributed by atoms with Gasteiger partial charge in [0.2, 0.25) is 0 Å². The molecule has 1 aliphatic heterocycles. The molecule has 6 nitrogen and oxygen atoms in total. The van der Waals surface area contributed by atoms with Gasteiger partial charge in [-0.2, -0.15) is 5.10 Å². The van der Waals surface area contributed by atoms with E-state index in [-0.39, 0.29) is 24.0 Å². The molecule has 0 bridgehead atoms. The molecule has 0 spiro atoms. The van der Waals surface area contributed by atoms with E-state index in [1.165, 1.54) is 5.56 Å². The highest BCUT2D eigenvalue weighted by molar-refractivity contribution is 14.0.